The van der Waals surface area contributed by atoms with Crippen molar-refractivity contribution in [1.82, 2.24) is 16.0 Å². The van der Waals surface area contributed by atoms with E-state index in [0.29, 0.717) is 12.8 Å². The third kappa shape index (κ3) is 8.18. The number of hydrogen-bond acceptors (Lipinski definition) is 4. The van der Waals surface area contributed by atoms with Crippen LogP contribution in [0.25, 0.3) is 0 Å². The van der Waals surface area contributed by atoms with Gasteiger partial charge < -0.3 is 10.4 Å². The summed E-state index contributed by atoms with van der Waals surface area (Å²) in [4.78, 5) is 34.8. The second-order valence-electron chi connectivity index (χ2n) is 5.87. The van der Waals surface area contributed by atoms with E-state index in [0.717, 1.165) is 25.7 Å². The van der Waals surface area contributed by atoms with Crippen molar-refractivity contribution >= 4 is 30.3 Å². The van der Waals surface area contributed by atoms with E-state index in [9.17, 15) is 14.4 Å². The second-order valence-corrected chi connectivity index (χ2v) is 5.87. The number of urea groups is 1. The molecule has 0 heterocycles. The minimum atomic E-state index is -0.992. The highest BCUT2D eigenvalue weighted by Crippen LogP contribution is 2.17. The molecule has 0 aromatic rings. The fraction of sp³-hybridized carbons (Fsp3) is 0.800. The molecule has 0 aromatic carbocycles. The number of carboxylic acid groups (broad SMARTS) is 1. The predicted molar refractivity (Wildman–Crippen MR) is 89.7 cm³/mol. The van der Waals surface area contributed by atoms with Crippen molar-refractivity contribution in [2.24, 2.45) is 0 Å². The summed E-state index contributed by atoms with van der Waals surface area (Å²) in [5.74, 6) is -1.51. The van der Waals surface area contributed by atoms with Crippen molar-refractivity contribution in [2.45, 2.75) is 76.9 Å². The summed E-state index contributed by atoms with van der Waals surface area (Å²) in [7, 11) is 0. The van der Waals surface area contributed by atoms with Gasteiger partial charge in [-0.05, 0) is 26.2 Å². The lowest BCUT2D eigenvalue weighted by Crippen LogP contribution is -2.53. The van der Waals surface area contributed by atoms with Crippen LogP contribution in [0.4, 0.5) is 4.79 Å². The van der Waals surface area contributed by atoms with Gasteiger partial charge in [-0.15, -0.1) is 12.4 Å². The first-order chi connectivity index (χ1) is 10.4. The Bertz CT molecular complexity index is 400. The van der Waals surface area contributed by atoms with E-state index in [4.69, 9.17) is 5.11 Å². The Morgan fingerprint density at radius 1 is 1.17 bits per heavy atom. The lowest BCUT2D eigenvalue weighted by Gasteiger charge is -2.23. The molecule has 1 saturated carbocycles. The first-order valence-electron chi connectivity index (χ1n) is 8.04. The van der Waals surface area contributed by atoms with Crippen LogP contribution < -0.4 is 16.0 Å². The third-order valence-corrected chi connectivity index (χ3v) is 3.90. The van der Waals surface area contributed by atoms with E-state index in [1.54, 1.807) is 6.92 Å². The number of carbonyl (C=O) groups is 3. The zero-order valence-electron chi connectivity index (χ0n) is 13.8. The molecule has 2 atom stereocenters. The van der Waals surface area contributed by atoms with Crippen LogP contribution in [0, 0.1) is 0 Å². The molecular formula is C15H28ClN3O4. The highest BCUT2D eigenvalue weighted by Gasteiger charge is 2.24. The van der Waals surface area contributed by atoms with Gasteiger partial charge >= 0.3 is 12.0 Å². The summed E-state index contributed by atoms with van der Waals surface area (Å²) in [5, 5.41) is 16.9. The molecule has 1 aliphatic rings. The molecular weight excluding hydrogens is 322 g/mol. The summed E-state index contributed by atoms with van der Waals surface area (Å²) in [6.07, 6.45) is 6.37. The predicted octanol–water partition coefficient (Wildman–Crippen LogP) is 1.80. The normalized spacial score (nSPS) is 17.5. The Morgan fingerprint density at radius 3 is 2.30 bits per heavy atom. The molecule has 1 fully saturated rings. The van der Waals surface area contributed by atoms with Gasteiger partial charge in [0.05, 0.1) is 6.04 Å². The monoisotopic (exact) mass is 349 g/mol. The standard InChI is InChI=1S/C15H27N3O4.ClH/c1-3-7-12(14(20)21)16-10(2)13(19)18-15(22)17-11-8-5-4-6-9-11;/h10-12,16H,3-9H2,1-2H3,(H,20,21)(H2,17,18,19,22);1H. The van der Waals surface area contributed by atoms with Crippen molar-refractivity contribution in [1.29, 1.82) is 0 Å². The first-order valence-corrected chi connectivity index (χ1v) is 8.04. The SMILES string of the molecule is CCCC(NC(C)C(=O)NC(=O)NC1CCCCC1)C(=O)O.Cl. The van der Waals surface area contributed by atoms with Gasteiger partial charge in [-0.3, -0.25) is 20.2 Å². The topological polar surface area (TPSA) is 108 Å². The van der Waals surface area contributed by atoms with E-state index < -0.39 is 30.0 Å². The van der Waals surface area contributed by atoms with Crippen molar-refractivity contribution in [3.63, 3.8) is 0 Å². The molecule has 0 aromatic heterocycles. The Labute approximate surface area is 143 Å². The van der Waals surface area contributed by atoms with Gasteiger partial charge in [0, 0.05) is 6.04 Å². The quantitative estimate of drug-likeness (QED) is 0.560. The van der Waals surface area contributed by atoms with Crippen LogP contribution in [0.5, 0.6) is 0 Å². The van der Waals surface area contributed by atoms with Crippen LogP contribution in [0.1, 0.15) is 58.8 Å². The van der Waals surface area contributed by atoms with Crippen molar-refractivity contribution in [2.75, 3.05) is 0 Å². The molecule has 23 heavy (non-hydrogen) atoms. The summed E-state index contributed by atoms with van der Waals surface area (Å²) >= 11 is 0. The molecule has 0 bridgehead atoms. The van der Waals surface area contributed by atoms with Crippen LogP contribution in [0.3, 0.4) is 0 Å². The van der Waals surface area contributed by atoms with Crippen LogP contribution in [0.15, 0.2) is 0 Å². The average Bonchev–Trinajstić information content (AvgIpc) is 2.47. The minimum Gasteiger partial charge on any atom is -0.480 e. The maximum Gasteiger partial charge on any atom is 0.321 e. The molecule has 0 saturated heterocycles. The van der Waals surface area contributed by atoms with Gasteiger partial charge in [-0.2, -0.15) is 0 Å². The minimum absolute atomic E-state index is 0. The van der Waals surface area contributed by atoms with Crippen molar-refractivity contribution in [3.8, 4) is 0 Å². The lowest BCUT2D eigenvalue weighted by atomic mass is 9.96. The Kier molecular flexibility index (Phi) is 10.6. The van der Waals surface area contributed by atoms with Crippen LogP contribution >= 0.6 is 12.4 Å². The summed E-state index contributed by atoms with van der Waals surface area (Å²) in [6, 6.07) is -1.92. The molecule has 134 valence electrons. The van der Waals surface area contributed by atoms with Gasteiger partial charge in [-0.25, -0.2) is 4.79 Å². The molecule has 4 N–H and O–H groups in total. The van der Waals surface area contributed by atoms with E-state index >= 15 is 0 Å². The molecule has 8 heteroatoms. The second kappa shape index (κ2) is 11.2. The first kappa shape index (κ1) is 21.7. The Morgan fingerprint density at radius 2 is 1.78 bits per heavy atom. The highest BCUT2D eigenvalue weighted by atomic mass is 35.5. The molecule has 3 amide bonds. The average molecular weight is 350 g/mol. The maximum absolute atomic E-state index is 11.9. The van der Waals surface area contributed by atoms with E-state index in [1.165, 1.54) is 6.42 Å². The van der Waals surface area contributed by atoms with E-state index in [1.807, 2.05) is 6.92 Å². The molecule has 1 rings (SSSR count). The van der Waals surface area contributed by atoms with E-state index in [2.05, 4.69) is 16.0 Å². The number of aliphatic carboxylic acids is 1. The number of nitrogens with one attached hydrogen (secondary N) is 3. The van der Waals surface area contributed by atoms with Crippen molar-refractivity contribution in [3.05, 3.63) is 0 Å². The fourth-order valence-electron chi connectivity index (χ4n) is 2.63. The van der Waals surface area contributed by atoms with Gasteiger partial charge in [0.25, 0.3) is 0 Å². The summed E-state index contributed by atoms with van der Waals surface area (Å²) in [5.41, 5.74) is 0. The van der Waals surface area contributed by atoms with Crippen LogP contribution in [-0.2, 0) is 9.59 Å². The smallest absolute Gasteiger partial charge is 0.321 e. The lowest BCUT2D eigenvalue weighted by molar-refractivity contribution is -0.140. The molecule has 1 aliphatic carbocycles. The number of carbonyl (C=O) groups excluding carboxylic acids is 2. The zero-order chi connectivity index (χ0) is 16.5. The van der Waals surface area contributed by atoms with Gasteiger partial charge in [-0.1, -0.05) is 32.6 Å². The number of rotatable bonds is 7. The van der Waals surface area contributed by atoms with Gasteiger partial charge in [0.1, 0.15) is 6.04 Å². The number of carboxylic acids is 1. The fourth-order valence-corrected chi connectivity index (χ4v) is 2.63. The molecule has 0 aliphatic heterocycles. The summed E-state index contributed by atoms with van der Waals surface area (Å²) < 4.78 is 0. The Hall–Kier alpha value is -1.34. The molecule has 2 unspecified atom stereocenters. The van der Waals surface area contributed by atoms with Gasteiger partial charge in [0.2, 0.25) is 5.91 Å². The number of hydrogen-bond donors (Lipinski definition) is 4. The zero-order valence-corrected chi connectivity index (χ0v) is 14.6. The van der Waals surface area contributed by atoms with Crippen molar-refractivity contribution < 1.29 is 19.5 Å². The number of amides is 3. The molecule has 0 spiro atoms. The maximum atomic E-state index is 11.9. The van der Waals surface area contributed by atoms with Crippen LogP contribution in [-0.4, -0.2) is 41.1 Å². The molecule has 0 radical (unpaired) electrons. The van der Waals surface area contributed by atoms with Gasteiger partial charge in [0.15, 0.2) is 0 Å². The summed E-state index contributed by atoms with van der Waals surface area (Å²) in [6.45, 7) is 3.43. The molecule has 7 nitrogen and oxygen atoms in total. The Balaban J connectivity index is 0.00000484. The number of halogens is 1. The third-order valence-electron chi connectivity index (χ3n) is 3.90. The number of imide groups is 1. The van der Waals surface area contributed by atoms with Crippen LogP contribution in [0.2, 0.25) is 0 Å². The highest BCUT2D eigenvalue weighted by molar-refractivity contribution is 5.97. The van der Waals surface area contributed by atoms with E-state index in [-0.39, 0.29) is 18.4 Å². The largest absolute Gasteiger partial charge is 0.480 e.